The lowest BCUT2D eigenvalue weighted by Crippen LogP contribution is -2.53. The molecule has 0 radical (unpaired) electrons. The Bertz CT molecular complexity index is 464. The summed E-state index contributed by atoms with van der Waals surface area (Å²) in [5.41, 5.74) is 0.336. The second-order valence-corrected chi connectivity index (χ2v) is 5.59. The third kappa shape index (κ3) is 1.65. The lowest BCUT2D eigenvalue weighted by Gasteiger charge is -2.40. The minimum absolute atomic E-state index is 0.00299. The van der Waals surface area contributed by atoms with Crippen LogP contribution in [0.1, 0.15) is 25.3 Å². The zero-order valence-electron chi connectivity index (χ0n) is 10.3. The van der Waals surface area contributed by atoms with Gasteiger partial charge in [-0.15, -0.1) is 11.6 Å². The largest absolute Gasteiger partial charge is 0.349 e. The monoisotopic (exact) mass is 265 g/mol. The lowest BCUT2D eigenvalue weighted by molar-refractivity contribution is -0.152. The molecule has 3 rings (SSSR count). The van der Waals surface area contributed by atoms with E-state index in [1.165, 1.54) is 0 Å². The molecule has 2 heterocycles. The first-order valence-corrected chi connectivity index (χ1v) is 6.73. The summed E-state index contributed by atoms with van der Waals surface area (Å²) in [6, 6.07) is 10.0. The van der Waals surface area contributed by atoms with Gasteiger partial charge < -0.3 is 9.64 Å². The van der Waals surface area contributed by atoms with Crippen molar-refractivity contribution >= 4 is 17.5 Å². The highest BCUT2D eigenvalue weighted by Gasteiger charge is 2.51. The molecule has 3 nitrogen and oxygen atoms in total. The van der Waals surface area contributed by atoms with Gasteiger partial charge in [0.25, 0.3) is 0 Å². The van der Waals surface area contributed by atoms with Crippen molar-refractivity contribution in [3.05, 3.63) is 35.9 Å². The maximum atomic E-state index is 12.3. The number of alkyl halides is 1. The Balaban J connectivity index is 2.00. The quantitative estimate of drug-likeness (QED) is 0.730. The van der Waals surface area contributed by atoms with Gasteiger partial charge in [-0.1, -0.05) is 30.3 Å². The number of carbonyl (C=O) groups is 1. The number of ether oxygens (including phenoxy) is 1. The van der Waals surface area contributed by atoms with Crippen LogP contribution in [0.3, 0.4) is 0 Å². The van der Waals surface area contributed by atoms with Crippen molar-refractivity contribution in [1.29, 1.82) is 0 Å². The van der Waals surface area contributed by atoms with Crippen LogP contribution in [0.5, 0.6) is 0 Å². The molecular formula is C14H16ClNO2. The van der Waals surface area contributed by atoms with E-state index in [1.807, 2.05) is 42.2 Å². The van der Waals surface area contributed by atoms with E-state index in [-0.39, 0.29) is 11.9 Å². The van der Waals surface area contributed by atoms with Crippen LogP contribution in [0, 0.1) is 0 Å². The molecule has 96 valence electrons. The predicted octanol–water partition coefficient (Wildman–Crippen LogP) is 2.49. The van der Waals surface area contributed by atoms with Gasteiger partial charge in [0.2, 0.25) is 5.91 Å². The van der Waals surface area contributed by atoms with Gasteiger partial charge in [-0.3, -0.25) is 4.79 Å². The molecule has 0 spiro atoms. The second kappa shape index (κ2) is 4.25. The summed E-state index contributed by atoms with van der Waals surface area (Å²) in [7, 11) is 0. The summed E-state index contributed by atoms with van der Waals surface area (Å²) in [6.45, 7) is 2.55. The van der Waals surface area contributed by atoms with Crippen LogP contribution in [0.4, 0.5) is 0 Å². The fourth-order valence-electron chi connectivity index (χ4n) is 2.94. The van der Waals surface area contributed by atoms with E-state index in [1.54, 1.807) is 0 Å². The van der Waals surface area contributed by atoms with Gasteiger partial charge in [-0.25, -0.2) is 0 Å². The normalized spacial score (nSPS) is 35.7. The van der Waals surface area contributed by atoms with E-state index in [2.05, 4.69) is 0 Å². The number of rotatable bonds is 1. The summed E-state index contributed by atoms with van der Waals surface area (Å²) in [5.74, 6) is -0.00299. The molecule has 0 bridgehead atoms. The number of halogens is 1. The van der Waals surface area contributed by atoms with Crippen molar-refractivity contribution in [2.75, 3.05) is 6.61 Å². The number of carbonyl (C=O) groups excluding carboxylic acids is 1. The molecule has 1 aromatic carbocycles. The van der Waals surface area contributed by atoms with E-state index in [9.17, 15) is 4.79 Å². The van der Waals surface area contributed by atoms with Crippen molar-refractivity contribution in [3.63, 3.8) is 0 Å². The Morgan fingerprint density at radius 1 is 1.33 bits per heavy atom. The molecule has 1 aromatic rings. The van der Waals surface area contributed by atoms with Crippen LogP contribution in [0.2, 0.25) is 0 Å². The van der Waals surface area contributed by atoms with E-state index < -0.39 is 11.1 Å². The Kier molecular flexibility index (Phi) is 2.83. The van der Waals surface area contributed by atoms with Crippen molar-refractivity contribution in [2.24, 2.45) is 0 Å². The van der Waals surface area contributed by atoms with E-state index in [4.69, 9.17) is 16.3 Å². The van der Waals surface area contributed by atoms with Gasteiger partial charge in [0.05, 0.1) is 12.6 Å². The topological polar surface area (TPSA) is 29.5 Å². The molecule has 0 aliphatic carbocycles. The fourth-order valence-corrected chi connectivity index (χ4v) is 3.17. The van der Waals surface area contributed by atoms with Gasteiger partial charge in [0.15, 0.2) is 5.72 Å². The average molecular weight is 266 g/mol. The molecule has 2 fully saturated rings. The molecule has 18 heavy (non-hydrogen) atoms. The van der Waals surface area contributed by atoms with Crippen LogP contribution in [0.25, 0.3) is 0 Å². The zero-order valence-corrected chi connectivity index (χ0v) is 11.1. The summed E-state index contributed by atoms with van der Waals surface area (Å²) in [4.78, 5) is 14.1. The smallest absolute Gasteiger partial charge is 0.243 e. The maximum Gasteiger partial charge on any atom is 0.243 e. The highest BCUT2D eigenvalue weighted by Crippen LogP contribution is 2.41. The highest BCUT2D eigenvalue weighted by atomic mass is 35.5. The Morgan fingerprint density at radius 2 is 2.06 bits per heavy atom. The molecule has 0 saturated carbocycles. The van der Waals surface area contributed by atoms with E-state index in [0.717, 1.165) is 18.4 Å². The van der Waals surface area contributed by atoms with Crippen LogP contribution in [-0.4, -0.2) is 28.8 Å². The van der Waals surface area contributed by atoms with Crippen LogP contribution in [-0.2, 0) is 15.3 Å². The molecular weight excluding hydrogens is 250 g/mol. The summed E-state index contributed by atoms with van der Waals surface area (Å²) in [5, 5.41) is -0.411. The maximum absolute atomic E-state index is 12.3. The molecule has 4 heteroatoms. The number of hydrogen-bond acceptors (Lipinski definition) is 2. The van der Waals surface area contributed by atoms with Crippen LogP contribution < -0.4 is 0 Å². The van der Waals surface area contributed by atoms with Crippen LogP contribution in [0.15, 0.2) is 30.3 Å². The lowest BCUT2D eigenvalue weighted by atomic mass is 9.96. The van der Waals surface area contributed by atoms with Gasteiger partial charge in [-0.05, 0) is 19.8 Å². The highest BCUT2D eigenvalue weighted by molar-refractivity contribution is 6.31. The number of piperidine rings is 1. The first kappa shape index (κ1) is 12.0. The number of hydrogen-bond donors (Lipinski definition) is 0. The number of fused-ring (bicyclic) bond motifs is 1. The third-order valence-electron chi connectivity index (χ3n) is 3.95. The van der Waals surface area contributed by atoms with Crippen LogP contribution >= 0.6 is 11.6 Å². The first-order valence-electron chi connectivity index (χ1n) is 6.29. The summed E-state index contributed by atoms with van der Waals surface area (Å²) in [6.07, 6.45) is 1.66. The molecule has 0 unspecified atom stereocenters. The van der Waals surface area contributed by atoms with Crippen molar-refractivity contribution in [2.45, 2.75) is 36.9 Å². The van der Waals surface area contributed by atoms with Gasteiger partial charge in [-0.2, -0.15) is 0 Å². The number of nitrogens with zero attached hydrogens (tertiary/aromatic N) is 1. The fraction of sp³-hybridized carbons (Fsp3) is 0.500. The minimum atomic E-state index is -0.670. The standard InChI is InChI=1S/C14H16ClNO2/c1-14(10-5-3-2-4-6-10)16-11(9-18-14)7-8-12(15)13(16)17/h2-6,11-12H,7-9H2,1H3/t11-,12+,14-/m0/s1. The molecule has 1 amide bonds. The van der Waals surface area contributed by atoms with E-state index in [0.29, 0.717) is 6.61 Å². The Morgan fingerprint density at radius 3 is 2.78 bits per heavy atom. The molecule has 0 N–H and O–H groups in total. The Hall–Kier alpha value is -1.06. The number of benzene rings is 1. The summed E-state index contributed by atoms with van der Waals surface area (Å²) >= 11 is 6.10. The molecule has 0 aromatic heterocycles. The average Bonchev–Trinajstić information content (AvgIpc) is 2.75. The van der Waals surface area contributed by atoms with Gasteiger partial charge in [0.1, 0.15) is 5.38 Å². The molecule has 3 atom stereocenters. The van der Waals surface area contributed by atoms with Crippen molar-refractivity contribution < 1.29 is 9.53 Å². The Labute approximate surface area is 112 Å². The summed E-state index contributed by atoms with van der Waals surface area (Å²) < 4.78 is 5.94. The van der Waals surface area contributed by atoms with Crippen molar-refractivity contribution in [1.82, 2.24) is 4.90 Å². The van der Waals surface area contributed by atoms with E-state index >= 15 is 0 Å². The third-order valence-corrected chi connectivity index (χ3v) is 4.35. The van der Waals surface area contributed by atoms with Gasteiger partial charge >= 0.3 is 0 Å². The molecule has 2 aliphatic heterocycles. The predicted molar refractivity (Wildman–Crippen MR) is 69.3 cm³/mol. The molecule has 2 aliphatic rings. The molecule has 2 saturated heterocycles. The minimum Gasteiger partial charge on any atom is -0.349 e. The van der Waals surface area contributed by atoms with Crippen molar-refractivity contribution in [3.8, 4) is 0 Å². The number of amides is 1. The van der Waals surface area contributed by atoms with Gasteiger partial charge in [0, 0.05) is 5.56 Å². The zero-order chi connectivity index (χ0) is 12.8. The SMILES string of the molecule is C[C@@]1(c2ccccc2)OC[C@@H]2CC[C@@H](Cl)C(=O)N21. The second-order valence-electron chi connectivity index (χ2n) is 5.07. The first-order chi connectivity index (χ1) is 8.63.